The zero-order valence-electron chi connectivity index (χ0n) is 13.4. The minimum absolute atomic E-state index is 0.0912. The first-order valence-electron chi connectivity index (χ1n) is 8.15. The van der Waals surface area contributed by atoms with E-state index in [1.807, 2.05) is 0 Å². The van der Waals surface area contributed by atoms with Crippen molar-refractivity contribution in [2.45, 2.75) is 63.6 Å². The van der Waals surface area contributed by atoms with Gasteiger partial charge in [0, 0.05) is 0 Å². The Hall–Kier alpha value is -1.22. The van der Waals surface area contributed by atoms with Crippen molar-refractivity contribution in [1.82, 2.24) is 0 Å². The molecule has 1 aromatic carbocycles. The predicted molar refractivity (Wildman–Crippen MR) is 83.2 cm³/mol. The van der Waals surface area contributed by atoms with Crippen LogP contribution in [0, 0.1) is 0 Å². The van der Waals surface area contributed by atoms with E-state index in [0.29, 0.717) is 6.10 Å². The molecule has 0 aromatic heterocycles. The maximum absolute atomic E-state index is 6.52. The Morgan fingerprint density at radius 2 is 2.00 bits per heavy atom. The second kappa shape index (κ2) is 5.88. The third-order valence-corrected chi connectivity index (χ3v) is 4.98. The Morgan fingerprint density at radius 3 is 2.71 bits per heavy atom. The van der Waals surface area contributed by atoms with Crippen LogP contribution in [-0.4, -0.2) is 20.3 Å². The Labute approximate surface area is 127 Å². The lowest BCUT2D eigenvalue weighted by atomic mass is 9.74. The molecule has 0 amide bonds. The molecule has 1 saturated heterocycles. The van der Waals surface area contributed by atoms with Gasteiger partial charge in [-0.2, -0.15) is 0 Å². The van der Waals surface area contributed by atoms with Gasteiger partial charge in [0.15, 0.2) is 11.5 Å². The van der Waals surface area contributed by atoms with Gasteiger partial charge < -0.3 is 14.2 Å². The Bertz CT molecular complexity index is 511. The highest BCUT2D eigenvalue weighted by molar-refractivity contribution is 5.50. The van der Waals surface area contributed by atoms with Crippen LogP contribution in [0.4, 0.5) is 0 Å². The summed E-state index contributed by atoms with van der Waals surface area (Å²) >= 11 is 0. The molecule has 116 valence electrons. The molecule has 0 radical (unpaired) electrons. The lowest BCUT2D eigenvalue weighted by Crippen LogP contribution is -2.44. The first kappa shape index (κ1) is 14.7. The number of rotatable bonds is 5. The van der Waals surface area contributed by atoms with Gasteiger partial charge in [-0.1, -0.05) is 19.8 Å². The molecule has 0 N–H and O–H groups in total. The molecule has 2 bridgehead atoms. The molecule has 0 aliphatic carbocycles. The van der Waals surface area contributed by atoms with Gasteiger partial charge in [0.25, 0.3) is 0 Å². The zero-order valence-corrected chi connectivity index (χ0v) is 13.4. The first-order valence-corrected chi connectivity index (χ1v) is 8.15. The molecule has 3 rings (SSSR count). The summed E-state index contributed by atoms with van der Waals surface area (Å²) in [5.41, 5.74) is 2.63. The number of benzene rings is 1. The third kappa shape index (κ3) is 2.52. The van der Waals surface area contributed by atoms with Gasteiger partial charge in [0.05, 0.1) is 25.9 Å². The van der Waals surface area contributed by atoms with E-state index >= 15 is 0 Å². The van der Waals surface area contributed by atoms with E-state index in [2.05, 4.69) is 19.1 Å². The summed E-state index contributed by atoms with van der Waals surface area (Å²) < 4.78 is 17.5. The predicted octanol–water partition coefficient (Wildman–Crippen LogP) is 4.21. The van der Waals surface area contributed by atoms with E-state index in [1.165, 1.54) is 36.8 Å². The SMILES string of the molecule is CCCC[C@@]12CCC[C@@H](Cc3cc(OC)c(OC)cc31)O2. The van der Waals surface area contributed by atoms with Crippen LogP contribution in [0.2, 0.25) is 0 Å². The van der Waals surface area contributed by atoms with E-state index in [4.69, 9.17) is 14.2 Å². The monoisotopic (exact) mass is 290 g/mol. The molecule has 2 aliphatic heterocycles. The van der Waals surface area contributed by atoms with Gasteiger partial charge in [-0.3, -0.25) is 0 Å². The highest BCUT2D eigenvalue weighted by Crippen LogP contribution is 2.49. The molecule has 0 unspecified atom stereocenters. The van der Waals surface area contributed by atoms with Gasteiger partial charge in [-0.15, -0.1) is 0 Å². The second-order valence-corrected chi connectivity index (χ2v) is 6.30. The zero-order chi connectivity index (χ0) is 14.9. The molecule has 0 spiro atoms. The van der Waals surface area contributed by atoms with E-state index in [-0.39, 0.29) is 5.60 Å². The van der Waals surface area contributed by atoms with Crippen LogP contribution in [-0.2, 0) is 16.8 Å². The number of hydrogen-bond acceptors (Lipinski definition) is 3. The van der Waals surface area contributed by atoms with Crippen LogP contribution in [0.25, 0.3) is 0 Å². The minimum Gasteiger partial charge on any atom is -0.493 e. The van der Waals surface area contributed by atoms with Crippen LogP contribution >= 0.6 is 0 Å². The topological polar surface area (TPSA) is 27.7 Å². The minimum atomic E-state index is -0.0912. The molecule has 3 heteroatoms. The van der Waals surface area contributed by atoms with Crippen molar-refractivity contribution in [1.29, 1.82) is 0 Å². The summed E-state index contributed by atoms with van der Waals surface area (Å²) in [5, 5.41) is 0. The van der Waals surface area contributed by atoms with Crippen molar-refractivity contribution >= 4 is 0 Å². The normalized spacial score (nSPS) is 27.1. The molecule has 21 heavy (non-hydrogen) atoms. The molecule has 2 aliphatic rings. The second-order valence-electron chi connectivity index (χ2n) is 6.30. The Kier molecular flexibility index (Phi) is 4.12. The maximum Gasteiger partial charge on any atom is 0.161 e. The van der Waals surface area contributed by atoms with Crippen molar-refractivity contribution in [3.8, 4) is 11.5 Å². The lowest BCUT2D eigenvalue weighted by Gasteiger charge is -2.47. The van der Waals surface area contributed by atoms with E-state index in [0.717, 1.165) is 30.8 Å². The van der Waals surface area contributed by atoms with Crippen molar-refractivity contribution in [2.75, 3.05) is 14.2 Å². The van der Waals surface area contributed by atoms with Crippen LogP contribution in [0.3, 0.4) is 0 Å². The van der Waals surface area contributed by atoms with Crippen LogP contribution in [0.15, 0.2) is 12.1 Å². The Balaban J connectivity index is 2.06. The summed E-state index contributed by atoms with van der Waals surface area (Å²) in [6, 6.07) is 4.32. The first-order chi connectivity index (χ1) is 10.2. The van der Waals surface area contributed by atoms with E-state index in [9.17, 15) is 0 Å². The summed E-state index contributed by atoms with van der Waals surface area (Å²) in [6.07, 6.45) is 8.49. The number of ether oxygens (including phenoxy) is 3. The average molecular weight is 290 g/mol. The number of methoxy groups -OCH3 is 2. The molecule has 3 nitrogen and oxygen atoms in total. The smallest absolute Gasteiger partial charge is 0.161 e. The van der Waals surface area contributed by atoms with Gasteiger partial charge in [0.1, 0.15) is 0 Å². The molecule has 0 saturated carbocycles. The number of unbranched alkanes of at least 4 members (excludes halogenated alkanes) is 1. The fourth-order valence-electron chi connectivity index (χ4n) is 3.93. The van der Waals surface area contributed by atoms with Crippen molar-refractivity contribution in [3.63, 3.8) is 0 Å². The van der Waals surface area contributed by atoms with Gasteiger partial charge >= 0.3 is 0 Å². The molecule has 2 atom stereocenters. The highest BCUT2D eigenvalue weighted by atomic mass is 16.5. The molecular formula is C18H26O3. The standard InChI is InChI=1S/C18H26O3/c1-4-5-8-18-9-6-7-14(21-18)10-13-11-16(19-2)17(20-3)12-15(13)18/h11-12,14H,4-10H2,1-3H3/t14-,18+/m0/s1. The molecule has 2 heterocycles. The third-order valence-electron chi connectivity index (χ3n) is 4.98. The quantitative estimate of drug-likeness (QED) is 0.813. The van der Waals surface area contributed by atoms with Crippen molar-refractivity contribution in [2.24, 2.45) is 0 Å². The fourth-order valence-corrected chi connectivity index (χ4v) is 3.93. The summed E-state index contributed by atoms with van der Waals surface area (Å²) in [6.45, 7) is 2.25. The van der Waals surface area contributed by atoms with Crippen LogP contribution in [0.5, 0.6) is 11.5 Å². The van der Waals surface area contributed by atoms with E-state index in [1.54, 1.807) is 14.2 Å². The van der Waals surface area contributed by atoms with Crippen molar-refractivity contribution in [3.05, 3.63) is 23.3 Å². The lowest BCUT2D eigenvalue weighted by molar-refractivity contribution is -0.149. The average Bonchev–Trinajstić information content (AvgIpc) is 2.52. The van der Waals surface area contributed by atoms with Crippen LogP contribution in [0.1, 0.15) is 56.6 Å². The maximum atomic E-state index is 6.52. The van der Waals surface area contributed by atoms with Crippen LogP contribution < -0.4 is 9.47 Å². The number of hydrogen-bond donors (Lipinski definition) is 0. The summed E-state index contributed by atoms with van der Waals surface area (Å²) in [4.78, 5) is 0. The van der Waals surface area contributed by atoms with Crippen molar-refractivity contribution < 1.29 is 14.2 Å². The van der Waals surface area contributed by atoms with Gasteiger partial charge in [0.2, 0.25) is 0 Å². The Morgan fingerprint density at radius 1 is 1.24 bits per heavy atom. The molecular weight excluding hydrogens is 264 g/mol. The summed E-state index contributed by atoms with van der Waals surface area (Å²) in [5.74, 6) is 1.65. The molecule has 1 fully saturated rings. The highest BCUT2D eigenvalue weighted by Gasteiger charge is 2.44. The molecule has 1 aromatic rings. The number of fused-ring (bicyclic) bond motifs is 4. The van der Waals surface area contributed by atoms with E-state index < -0.39 is 0 Å². The fraction of sp³-hybridized carbons (Fsp3) is 0.667. The summed E-state index contributed by atoms with van der Waals surface area (Å²) in [7, 11) is 3.41. The van der Waals surface area contributed by atoms with Gasteiger partial charge in [-0.05, 0) is 55.4 Å². The van der Waals surface area contributed by atoms with Gasteiger partial charge in [-0.25, -0.2) is 0 Å². The largest absolute Gasteiger partial charge is 0.493 e.